The lowest BCUT2D eigenvalue weighted by Crippen LogP contribution is -2.40. The predicted molar refractivity (Wildman–Crippen MR) is 98.6 cm³/mol. The van der Waals surface area contributed by atoms with E-state index in [2.05, 4.69) is 15.5 Å². The summed E-state index contributed by atoms with van der Waals surface area (Å²) in [7, 11) is 0. The number of para-hydroxylation sites is 1. The molecule has 0 spiro atoms. The molecule has 1 aromatic heterocycles. The van der Waals surface area contributed by atoms with Crippen LogP contribution >= 0.6 is 0 Å². The molecule has 3 aromatic rings. The van der Waals surface area contributed by atoms with Crippen LogP contribution in [0, 0.1) is 5.92 Å². The molecule has 1 saturated heterocycles. The normalized spacial score (nSPS) is 14.9. The molecule has 2 aromatic carbocycles. The van der Waals surface area contributed by atoms with Crippen LogP contribution in [0.5, 0.6) is 0 Å². The maximum absolute atomic E-state index is 13.0. The number of carbonyl (C=O) groups is 2. The van der Waals surface area contributed by atoms with Crippen LogP contribution in [0.25, 0.3) is 5.69 Å². The molecule has 0 N–H and O–H groups in total. The molecule has 1 fully saturated rings. The average Bonchev–Trinajstić information content (AvgIpc) is 3.28. The Morgan fingerprint density at radius 1 is 0.926 bits per heavy atom. The van der Waals surface area contributed by atoms with Gasteiger partial charge < -0.3 is 4.90 Å². The van der Waals surface area contributed by atoms with E-state index >= 15 is 0 Å². The Labute approximate surface area is 156 Å². The van der Waals surface area contributed by atoms with E-state index in [1.165, 1.54) is 11.0 Å². The summed E-state index contributed by atoms with van der Waals surface area (Å²) in [5.41, 5.74) is 1.94. The Morgan fingerprint density at radius 2 is 1.63 bits per heavy atom. The SMILES string of the molecule is O=C(c1ccccc1)C1CCN(C(=O)c2ccccc2-n2cnnn2)CC1. The maximum Gasteiger partial charge on any atom is 0.256 e. The van der Waals surface area contributed by atoms with Crippen molar-refractivity contribution in [3.8, 4) is 5.69 Å². The smallest absolute Gasteiger partial charge is 0.256 e. The molecule has 0 atom stereocenters. The third-order valence-corrected chi connectivity index (χ3v) is 4.94. The standard InChI is InChI=1S/C20H19N5O2/c26-19(15-6-2-1-3-7-15)16-10-12-24(13-11-16)20(27)17-8-4-5-9-18(17)25-14-21-22-23-25/h1-9,14,16H,10-13H2. The first kappa shape index (κ1) is 17.1. The highest BCUT2D eigenvalue weighted by atomic mass is 16.2. The molecule has 136 valence electrons. The maximum atomic E-state index is 13.0. The number of tetrazole rings is 1. The fourth-order valence-corrected chi connectivity index (χ4v) is 3.48. The lowest BCUT2D eigenvalue weighted by Gasteiger charge is -2.31. The van der Waals surface area contributed by atoms with Crippen LogP contribution < -0.4 is 0 Å². The van der Waals surface area contributed by atoms with Gasteiger partial charge in [-0.05, 0) is 35.4 Å². The Morgan fingerprint density at radius 3 is 2.33 bits per heavy atom. The molecule has 0 unspecified atom stereocenters. The highest BCUT2D eigenvalue weighted by molar-refractivity contribution is 5.99. The molecule has 0 saturated carbocycles. The van der Waals surface area contributed by atoms with Gasteiger partial charge in [0.15, 0.2) is 5.78 Å². The Hall–Kier alpha value is -3.35. The highest BCUT2D eigenvalue weighted by Gasteiger charge is 2.29. The van der Waals surface area contributed by atoms with E-state index in [0.29, 0.717) is 37.2 Å². The molecule has 27 heavy (non-hydrogen) atoms. The second-order valence-electron chi connectivity index (χ2n) is 6.57. The Kier molecular flexibility index (Phi) is 4.74. The third kappa shape index (κ3) is 3.48. The number of aromatic nitrogens is 4. The summed E-state index contributed by atoms with van der Waals surface area (Å²) in [4.78, 5) is 27.5. The van der Waals surface area contributed by atoms with Gasteiger partial charge in [-0.15, -0.1) is 5.10 Å². The van der Waals surface area contributed by atoms with Gasteiger partial charge in [-0.1, -0.05) is 42.5 Å². The Bertz CT molecular complexity index is 932. The van der Waals surface area contributed by atoms with Crippen LogP contribution in [0.2, 0.25) is 0 Å². The lowest BCUT2D eigenvalue weighted by molar-refractivity contribution is 0.0650. The minimum Gasteiger partial charge on any atom is -0.339 e. The first-order valence-electron chi connectivity index (χ1n) is 8.95. The monoisotopic (exact) mass is 361 g/mol. The molecular weight excluding hydrogens is 342 g/mol. The lowest BCUT2D eigenvalue weighted by atomic mass is 9.88. The summed E-state index contributed by atoms with van der Waals surface area (Å²) in [6.45, 7) is 1.12. The van der Waals surface area contributed by atoms with Gasteiger partial charge in [0.25, 0.3) is 5.91 Å². The average molecular weight is 361 g/mol. The van der Waals surface area contributed by atoms with Crippen molar-refractivity contribution in [2.24, 2.45) is 5.92 Å². The molecule has 7 nitrogen and oxygen atoms in total. The molecule has 4 rings (SSSR count). The molecule has 0 radical (unpaired) electrons. The van der Waals surface area contributed by atoms with E-state index in [9.17, 15) is 9.59 Å². The third-order valence-electron chi connectivity index (χ3n) is 4.94. The molecule has 1 aliphatic rings. The largest absolute Gasteiger partial charge is 0.339 e. The number of hydrogen-bond donors (Lipinski definition) is 0. The molecule has 0 bridgehead atoms. The van der Waals surface area contributed by atoms with Gasteiger partial charge in [0.2, 0.25) is 0 Å². The zero-order chi connectivity index (χ0) is 18.6. The van der Waals surface area contributed by atoms with E-state index in [-0.39, 0.29) is 17.6 Å². The quantitative estimate of drug-likeness (QED) is 0.667. The zero-order valence-electron chi connectivity index (χ0n) is 14.7. The highest BCUT2D eigenvalue weighted by Crippen LogP contribution is 2.24. The van der Waals surface area contributed by atoms with Crippen molar-refractivity contribution in [2.45, 2.75) is 12.8 Å². The van der Waals surface area contributed by atoms with Gasteiger partial charge in [0.1, 0.15) is 6.33 Å². The van der Waals surface area contributed by atoms with E-state index in [4.69, 9.17) is 0 Å². The van der Waals surface area contributed by atoms with Crippen molar-refractivity contribution in [3.05, 3.63) is 72.1 Å². The topological polar surface area (TPSA) is 81.0 Å². The molecule has 1 aliphatic heterocycles. The van der Waals surface area contributed by atoms with Crippen molar-refractivity contribution >= 4 is 11.7 Å². The number of Topliss-reactive ketones (excluding diaryl/α,β-unsaturated/α-hetero) is 1. The van der Waals surface area contributed by atoms with E-state index in [0.717, 1.165) is 5.56 Å². The van der Waals surface area contributed by atoms with Crippen molar-refractivity contribution in [1.29, 1.82) is 0 Å². The minimum atomic E-state index is -0.0632. The van der Waals surface area contributed by atoms with Gasteiger partial charge in [-0.2, -0.15) is 4.68 Å². The summed E-state index contributed by atoms with van der Waals surface area (Å²) < 4.78 is 1.49. The van der Waals surface area contributed by atoms with Gasteiger partial charge >= 0.3 is 0 Å². The zero-order valence-corrected chi connectivity index (χ0v) is 14.7. The number of hydrogen-bond acceptors (Lipinski definition) is 5. The van der Waals surface area contributed by atoms with E-state index < -0.39 is 0 Å². The number of likely N-dealkylation sites (tertiary alicyclic amines) is 1. The first-order valence-corrected chi connectivity index (χ1v) is 8.95. The fraction of sp³-hybridized carbons (Fsp3) is 0.250. The number of carbonyl (C=O) groups excluding carboxylic acids is 2. The molecule has 1 amide bonds. The molecule has 2 heterocycles. The van der Waals surface area contributed by atoms with Crippen LogP contribution in [0.3, 0.4) is 0 Å². The number of ketones is 1. The summed E-state index contributed by atoms with van der Waals surface area (Å²) >= 11 is 0. The fourth-order valence-electron chi connectivity index (χ4n) is 3.48. The first-order chi connectivity index (χ1) is 13.2. The van der Waals surface area contributed by atoms with Crippen LogP contribution in [-0.4, -0.2) is 49.9 Å². The van der Waals surface area contributed by atoms with Crippen molar-refractivity contribution in [3.63, 3.8) is 0 Å². The van der Waals surface area contributed by atoms with E-state index in [1.54, 1.807) is 11.0 Å². The molecular formula is C20H19N5O2. The number of piperidine rings is 1. The van der Waals surface area contributed by atoms with Gasteiger partial charge in [-0.3, -0.25) is 9.59 Å². The number of amides is 1. The van der Waals surface area contributed by atoms with Crippen LogP contribution in [-0.2, 0) is 0 Å². The number of rotatable bonds is 4. The van der Waals surface area contributed by atoms with Gasteiger partial charge in [-0.25, -0.2) is 0 Å². The Balaban J connectivity index is 1.46. The van der Waals surface area contributed by atoms with Crippen molar-refractivity contribution < 1.29 is 9.59 Å². The van der Waals surface area contributed by atoms with E-state index in [1.807, 2.05) is 48.5 Å². The second-order valence-corrected chi connectivity index (χ2v) is 6.57. The van der Waals surface area contributed by atoms with Crippen LogP contribution in [0.4, 0.5) is 0 Å². The summed E-state index contributed by atoms with van der Waals surface area (Å²) in [6, 6.07) is 16.6. The van der Waals surface area contributed by atoms with Crippen LogP contribution in [0.1, 0.15) is 33.6 Å². The van der Waals surface area contributed by atoms with Crippen LogP contribution in [0.15, 0.2) is 60.9 Å². The molecule has 0 aliphatic carbocycles. The summed E-state index contributed by atoms with van der Waals surface area (Å²) in [6.07, 6.45) is 2.82. The van der Waals surface area contributed by atoms with Gasteiger partial charge in [0, 0.05) is 24.6 Å². The molecule has 7 heteroatoms. The van der Waals surface area contributed by atoms with Gasteiger partial charge in [0.05, 0.1) is 11.3 Å². The summed E-state index contributed by atoms with van der Waals surface area (Å²) in [5, 5.41) is 11.2. The second kappa shape index (κ2) is 7.49. The van der Waals surface area contributed by atoms with Crippen molar-refractivity contribution in [1.82, 2.24) is 25.1 Å². The minimum absolute atomic E-state index is 0.0359. The van der Waals surface area contributed by atoms with Crippen molar-refractivity contribution in [2.75, 3.05) is 13.1 Å². The summed E-state index contributed by atoms with van der Waals surface area (Å²) in [5.74, 6) is 0.0645. The number of benzene rings is 2. The predicted octanol–water partition coefficient (Wildman–Crippen LogP) is 2.40. The number of nitrogens with zero attached hydrogens (tertiary/aromatic N) is 5.